The van der Waals surface area contributed by atoms with Gasteiger partial charge in [-0.25, -0.2) is 9.37 Å². The minimum absolute atomic E-state index is 0.229. The first kappa shape index (κ1) is 16.9. The van der Waals surface area contributed by atoms with E-state index in [0.29, 0.717) is 32.8 Å². The summed E-state index contributed by atoms with van der Waals surface area (Å²) in [6.45, 7) is 1.95. The van der Waals surface area contributed by atoms with Crippen LogP contribution in [0.5, 0.6) is 5.75 Å². The minimum atomic E-state index is -0.499. The fraction of sp³-hybridized carbons (Fsp3) is 0.412. The molecule has 7 heteroatoms. The molecular formula is C17H19FN2O3S. The molecule has 1 aromatic heterocycles. The average molecular weight is 350 g/mol. The summed E-state index contributed by atoms with van der Waals surface area (Å²) in [5, 5.41) is 13.0. The van der Waals surface area contributed by atoms with Gasteiger partial charge in [0.2, 0.25) is 0 Å². The summed E-state index contributed by atoms with van der Waals surface area (Å²) in [6.07, 6.45) is 1.52. The molecule has 24 heavy (non-hydrogen) atoms. The van der Waals surface area contributed by atoms with Gasteiger partial charge in [-0.2, -0.15) is 0 Å². The molecule has 5 nitrogen and oxygen atoms in total. The van der Waals surface area contributed by atoms with Gasteiger partial charge in [0.25, 0.3) is 5.91 Å². The van der Waals surface area contributed by atoms with Crippen LogP contribution in [0.3, 0.4) is 0 Å². The van der Waals surface area contributed by atoms with E-state index in [0.717, 1.165) is 24.2 Å². The highest BCUT2D eigenvalue weighted by Gasteiger charge is 2.30. The van der Waals surface area contributed by atoms with Crippen LogP contribution in [0.2, 0.25) is 0 Å². The normalized spacial score (nSPS) is 15.2. The molecule has 0 bridgehead atoms. The maximum atomic E-state index is 14.2. The van der Waals surface area contributed by atoms with Gasteiger partial charge >= 0.3 is 0 Å². The summed E-state index contributed by atoms with van der Waals surface area (Å²) >= 11 is 1.14. The summed E-state index contributed by atoms with van der Waals surface area (Å²) < 4.78 is 19.2. The van der Waals surface area contributed by atoms with E-state index in [4.69, 9.17) is 4.74 Å². The van der Waals surface area contributed by atoms with Gasteiger partial charge in [-0.3, -0.25) is 4.79 Å². The molecule has 1 saturated carbocycles. The number of carbonyl (C=O) groups excluding carboxylic acids is 1. The van der Waals surface area contributed by atoms with E-state index in [9.17, 15) is 14.3 Å². The molecule has 0 aliphatic heterocycles. The lowest BCUT2D eigenvalue weighted by atomic mass is 10.2. The molecule has 1 aliphatic rings. The number of ether oxygens (including phenoxy) is 1. The Morgan fingerprint density at radius 2 is 2.29 bits per heavy atom. The SMILES string of the molecule is COc1ccc(-c2nc(C)c(C(=O)NCC(O)C3CC3)s2)c(F)c1. The van der Waals surface area contributed by atoms with Crippen molar-refractivity contribution in [3.05, 3.63) is 34.6 Å². The van der Waals surface area contributed by atoms with Crippen molar-refractivity contribution in [2.75, 3.05) is 13.7 Å². The lowest BCUT2D eigenvalue weighted by Crippen LogP contribution is -2.33. The number of aliphatic hydroxyl groups excluding tert-OH is 1. The summed E-state index contributed by atoms with van der Waals surface area (Å²) in [6, 6.07) is 4.53. The average Bonchev–Trinajstić information content (AvgIpc) is 3.35. The third-order valence-electron chi connectivity index (χ3n) is 4.05. The number of methoxy groups -OCH3 is 1. The number of halogens is 1. The van der Waals surface area contributed by atoms with Crippen molar-refractivity contribution in [3.63, 3.8) is 0 Å². The van der Waals surface area contributed by atoms with E-state index in [1.165, 1.54) is 13.2 Å². The number of hydrogen-bond donors (Lipinski definition) is 2. The molecule has 0 saturated heterocycles. The Morgan fingerprint density at radius 3 is 2.92 bits per heavy atom. The molecule has 2 aromatic rings. The molecule has 1 heterocycles. The Morgan fingerprint density at radius 1 is 1.54 bits per heavy atom. The van der Waals surface area contributed by atoms with Crippen LogP contribution >= 0.6 is 11.3 Å². The minimum Gasteiger partial charge on any atom is -0.497 e. The van der Waals surface area contributed by atoms with Crippen molar-refractivity contribution in [2.45, 2.75) is 25.9 Å². The van der Waals surface area contributed by atoms with Crippen LogP contribution in [0.25, 0.3) is 10.6 Å². The number of nitrogens with one attached hydrogen (secondary N) is 1. The number of nitrogens with zero attached hydrogens (tertiary/aromatic N) is 1. The molecular weight excluding hydrogens is 331 g/mol. The molecule has 0 radical (unpaired) electrons. The van der Waals surface area contributed by atoms with Gasteiger partial charge in [-0.05, 0) is 37.8 Å². The number of hydrogen-bond acceptors (Lipinski definition) is 5. The lowest BCUT2D eigenvalue weighted by Gasteiger charge is -2.09. The lowest BCUT2D eigenvalue weighted by molar-refractivity contribution is 0.0904. The second-order valence-electron chi connectivity index (χ2n) is 5.89. The Bertz CT molecular complexity index is 758. The van der Waals surface area contributed by atoms with Crippen molar-refractivity contribution >= 4 is 17.2 Å². The third-order valence-corrected chi connectivity index (χ3v) is 5.24. The van der Waals surface area contributed by atoms with Crippen LogP contribution in [0.15, 0.2) is 18.2 Å². The van der Waals surface area contributed by atoms with Crippen molar-refractivity contribution < 1.29 is 19.0 Å². The zero-order valence-electron chi connectivity index (χ0n) is 13.5. The molecule has 1 unspecified atom stereocenters. The van der Waals surface area contributed by atoms with E-state index in [1.54, 1.807) is 19.1 Å². The maximum Gasteiger partial charge on any atom is 0.263 e. The van der Waals surface area contributed by atoms with Crippen molar-refractivity contribution in [2.24, 2.45) is 5.92 Å². The predicted molar refractivity (Wildman–Crippen MR) is 89.9 cm³/mol. The standard InChI is InChI=1S/C17H19FN2O3S/c1-9-15(16(22)19-8-14(21)10-3-4-10)24-17(20-9)12-6-5-11(23-2)7-13(12)18/h5-7,10,14,21H,3-4,8H2,1-2H3,(H,19,22). The second kappa shape index (κ2) is 6.86. The molecule has 1 fully saturated rings. The Labute approximate surface area is 143 Å². The molecule has 2 N–H and O–H groups in total. The first-order valence-corrected chi connectivity index (χ1v) is 8.59. The van der Waals surface area contributed by atoms with Crippen molar-refractivity contribution in [1.29, 1.82) is 0 Å². The molecule has 1 atom stereocenters. The van der Waals surface area contributed by atoms with Crippen molar-refractivity contribution in [3.8, 4) is 16.3 Å². The fourth-order valence-corrected chi connectivity index (χ4v) is 3.45. The molecule has 3 rings (SSSR count). The van der Waals surface area contributed by atoms with E-state index in [-0.39, 0.29) is 12.5 Å². The number of carbonyl (C=O) groups is 1. The van der Waals surface area contributed by atoms with Crippen LogP contribution in [0, 0.1) is 18.7 Å². The van der Waals surface area contributed by atoms with E-state index in [1.807, 2.05) is 0 Å². The fourth-order valence-electron chi connectivity index (χ4n) is 2.44. The Balaban J connectivity index is 1.75. The van der Waals surface area contributed by atoms with Crippen molar-refractivity contribution in [1.82, 2.24) is 10.3 Å². The highest BCUT2D eigenvalue weighted by atomic mass is 32.1. The van der Waals surface area contributed by atoms with Gasteiger partial charge in [0, 0.05) is 18.2 Å². The predicted octanol–water partition coefficient (Wildman–Crippen LogP) is 2.77. The van der Waals surface area contributed by atoms with Crippen LogP contribution in [0.4, 0.5) is 4.39 Å². The van der Waals surface area contributed by atoms with Gasteiger partial charge in [-0.1, -0.05) is 0 Å². The highest BCUT2D eigenvalue weighted by molar-refractivity contribution is 7.17. The molecule has 1 aromatic carbocycles. The highest BCUT2D eigenvalue weighted by Crippen LogP contribution is 2.33. The number of aliphatic hydroxyl groups is 1. The zero-order valence-corrected chi connectivity index (χ0v) is 14.3. The van der Waals surface area contributed by atoms with Gasteiger partial charge in [-0.15, -0.1) is 11.3 Å². The van der Waals surface area contributed by atoms with E-state index in [2.05, 4.69) is 10.3 Å². The van der Waals surface area contributed by atoms with Gasteiger partial charge in [0.15, 0.2) is 0 Å². The number of aromatic nitrogens is 1. The smallest absolute Gasteiger partial charge is 0.263 e. The van der Waals surface area contributed by atoms with Gasteiger partial charge in [0.05, 0.1) is 18.9 Å². The van der Waals surface area contributed by atoms with Gasteiger partial charge < -0.3 is 15.2 Å². The number of benzene rings is 1. The third kappa shape index (κ3) is 3.57. The molecule has 1 amide bonds. The maximum absolute atomic E-state index is 14.2. The van der Waals surface area contributed by atoms with Crippen LogP contribution in [-0.2, 0) is 0 Å². The number of thiazole rings is 1. The molecule has 128 valence electrons. The first-order valence-electron chi connectivity index (χ1n) is 7.77. The Hall–Kier alpha value is -1.99. The zero-order chi connectivity index (χ0) is 17.3. The number of amides is 1. The summed E-state index contributed by atoms with van der Waals surface area (Å²) in [4.78, 5) is 17.0. The Kier molecular flexibility index (Phi) is 4.82. The number of aryl methyl sites for hydroxylation is 1. The summed E-state index contributed by atoms with van der Waals surface area (Å²) in [5.74, 6) is -0.00236. The van der Waals surface area contributed by atoms with E-state index < -0.39 is 11.9 Å². The molecule has 0 spiro atoms. The first-order chi connectivity index (χ1) is 11.5. The van der Waals surface area contributed by atoms with E-state index >= 15 is 0 Å². The summed E-state index contributed by atoms with van der Waals surface area (Å²) in [7, 11) is 1.47. The van der Waals surface area contributed by atoms with Crippen LogP contribution in [0.1, 0.15) is 28.2 Å². The largest absolute Gasteiger partial charge is 0.497 e. The second-order valence-corrected chi connectivity index (χ2v) is 6.89. The quantitative estimate of drug-likeness (QED) is 0.840. The van der Waals surface area contributed by atoms with Crippen LogP contribution < -0.4 is 10.1 Å². The molecule has 1 aliphatic carbocycles. The van der Waals surface area contributed by atoms with Gasteiger partial charge in [0.1, 0.15) is 21.5 Å². The van der Waals surface area contributed by atoms with Crippen LogP contribution in [-0.4, -0.2) is 35.8 Å². The topological polar surface area (TPSA) is 71.5 Å². The summed E-state index contributed by atoms with van der Waals surface area (Å²) in [5.41, 5.74) is 0.879. The number of rotatable bonds is 6. The monoisotopic (exact) mass is 350 g/mol.